The Morgan fingerprint density at radius 2 is 1.86 bits per heavy atom. The highest BCUT2D eigenvalue weighted by molar-refractivity contribution is 5.81. The fourth-order valence-corrected chi connectivity index (χ4v) is 3.13. The van der Waals surface area contributed by atoms with Crippen LogP contribution in [0.25, 0.3) is 0 Å². The standard InChI is InChI=1S/C21H28N4O3/c1-16(2)14-28-20-13-19(22-15-23-20)24-8-10-25(11-9-24)21(27)18(26)12-17-6-4-3-5-7-17/h3-7,13,15-16,18,26H,8-12,14H2,1-2H3. The van der Waals surface area contributed by atoms with Crippen LogP contribution < -0.4 is 9.64 Å². The molecule has 1 aromatic heterocycles. The first-order chi connectivity index (χ1) is 13.5. The Balaban J connectivity index is 1.52. The van der Waals surface area contributed by atoms with Crippen molar-refractivity contribution in [2.45, 2.75) is 26.4 Å². The van der Waals surface area contributed by atoms with E-state index < -0.39 is 6.10 Å². The molecule has 1 unspecified atom stereocenters. The van der Waals surface area contributed by atoms with Crippen molar-refractivity contribution < 1.29 is 14.6 Å². The van der Waals surface area contributed by atoms with E-state index in [-0.39, 0.29) is 5.91 Å². The van der Waals surface area contributed by atoms with Gasteiger partial charge in [0.05, 0.1) is 6.61 Å². The normalized spacial score (nSPS) is 15.6. The van der Waals surface area contributed by atoms with E-state index in [0.29, 0.717) is 51.0 Å². The Morgan fingerprint density at radius 1 is 1.14 bits per heavy atom. The molecule has 1 saturated heterocycles. The predicted molar refractivity (Wildman–Crippen MR) is 107 cm³/mol. The largest absolute Gasteiger partial charge is 0.477 e. The van der Waals surface area contributed by atoms with Gasteiger partial charge in [0, 0.05) is 38.7 Å². The molecule has 7 nitrogen and oxygen atoms in total. The van der Waals surface area contributed by atoms with Crippen molar-refractivity contribution >= 4 is 11.7 Å². The average Bonchev–Trinajstić information content (AvgIpc) is 2.73. The van der Waals surface area contributed by atoms with Crippen LogP contribution in [0, 0.1) is 5.92 Å². The third kappa shape index (κ3) is 5.42. The zero-order chi connectivity index (χ0) is 19.9. The molecular formula is C21H28N4O3. The zero-order valence-electron chi connectivity index (χ0n) is 16.5. The van der Waals surface area contributed by atoms with Gasteiger partial charge in [-0.3, -0.25) is 4.79 Å². The number of hydrogen-bond donors (Lipinski definition) is 1. The van der Waals surface area contributed by atoms with E-state index in [2.05, 4.69) is 28.7 Å². The number of carbonyl (C=O) groups is 1. The maximum atomic E-state index is 12.6. The first-order valence-corrected chi connectivity index (χ1v) is 9.73. The van der Waals surface area contributed by atoms with Crippen LogP contribution in [0.3, 0.4) is 0 Å². The highest BCUT2D eigenvalue weighted by Crippen LogP contribution is 2.18. The second kappa shape index (κ2) is 9.50. The molecule has 7 heteroatoms. The van der Waals surface area contributed by atoms with E-state index in [4.69, 9.17) is 4.74 Å². The topological polar surface area (TPSA) is 78.8 Å². The molecule has 2 heterocycles. The number of rotatable bonds is 7. The zero-order valence-corrected chi connectivity index (χ0v) is 16.5. The van der Waals surface area contributed by atoms with Gasteiger partial charge in [-0.2, -0.15) is 0 Å². The lowest BCUT2D eigenvalue weighted by Gasteiger charge is -2.36. The first-order valence-electron chi connectivity index (χ1n) is 9.73. The number of piperazine rings is 1. The van der Waals surface area contributed by atoms with Gasteiger partial charge in [-0.1, -0.05) is 44.2 Å². The van der Waals surface area contributed by atoms with Gasteiger partial charge in [0.1, 0.15) is 18.2 Å². The van der Waals surface area contributed by atoms with Gasteiger partial charge in [-0.15, -0.1) is 0 Å². The molecule has 0 spiro atoms. The molecule has 0 saturated carbocycles. The molecule has 1 amide bonds. The van der Waals surface area contributed by atoms with Crippen molar-refractivity contribution in [2.75, 3.05) is 37.7 Å². The third-order valence-electron chi connectivity index (χ3n) is 4.66. The lowest BCUT2D eigenvalue weighted by atomic mass is 10.1. The lowest BCUT2D eigenvalue weighted by Crippen LogP contribution is -2.52. The number of ether oxygens (including phenoxy) is 1. The van der Waals surface area contributed by atoms with E-state index >= 15 is 0 Å². The van der Waals surface area contributed by atoms with Gasteiger partial charge in [-0.25, -0.2) is 9.97 Å². The number of carbonyl (C=O) groups excluding carboxylic acids is 1. The van der Waals surface area contributed by atoms with Crippen LogP contribution in [0.4, 0.5) is 5.82 Å². The molecule has 1 atom stereocenters. The first kappa shape index (κ1) is 20.1. The fraction of sp³-hybridized carbons (Fsp3) is 0.476. The molecule has 0 radical (unpaired) electrons. The maximum absolute atomic E-state index is 12.6. The van der Waals surface area contributed by atoms with Crippen LogP contribution in [0.1, 0.15) is 19.4 Å². The quantitative estimate of drug-likeness (QED) is 0.784. The third-order valence-corrected chi connectivity index (χ3v) is 4.66. The van der Waals surface area contributed by atoms with Gasteiger partial charge >= 0.3 is 0 Å². The van der Waals surface area contributed by atoms with Crippen molar-refractivity contribution in [3.63, 3.8) is 0 Å². The molecule has 0 aliphatic carbocycles. The summed E-state index contributed by atoms with van der Waals surface area (Å²) in [6, 6.07) is 11.4. The summed E-state index contributed by atoms with van der Waals surface area (Å²) in [5, 5.41) is 10.3. The second-order valence-electron chi connectivity index (χ2n) is 7.44. The summed E-state index contributed by atoms with van der Waals surface area (Å²) < 4.78 is 5.67. The van der Waals surface area contributed by atoms with Gasteiger partial charge in [0.2, 0.25) is 5.88 Å². The molecule has 3 rings (SSSR count). The Bertz CT molecular complexity index is 761. The average molecular weight is 384 g/mol. The second-order valence-corrected chi connectivity index (χ2v) is 7.44. The number of anilines is 1. The molecule has 2 aromatic rings. The van der Waals surface area contributed by atoms with Crippen LogP contribution in [-0.4, -0.2) is 64.8 Å². The van der Waals surface area contributed by atoms with Crippen molar-refractivity contribution in [3.05, 3.63) is 48.3 Å². The number of hydrogen-bond acceptors (Lipinski definition) is 6. The minimum absolute atomic E-state index is 0.216. The van der Waals surface area contributed by atoms with Crippen molar-refractivity contribution in [3.8, 4) is 5.88 Å². The SMILES string of the molecule is CC(C)COc1cc(N2CCN(C(=O)C(O)Cc3ccccc3)CC2)ncn1. The summed E-state index contributed by atoms with van der Waals surface area (Å²) in [7, 11) is 0. The van der Waals surface area contributed by atoms with Gasteiger partial charge in [-0.05, 0) is 11.5 Å². The molecule has 28 heavy (non-hydrogen) atoms. The Kier molecular flexibility index (Phi) is 6.81. The molecule has 1 aromatic carbocycles. The summed E-state index contributed by atoms with van der Waals surface area (Å²) in [4.78, 5) is 24.9. The minimum Gasteiger partial charge on any atom is -0.477 e. The fourth-order valence-electron chi connectivity index (χ4n) is 3.13. The molecule has 1 aliphatic heterocycles. The van der Waals surface area contributed by atoms with E-state index in [1.54, 1.807) is 4.90 Å². The molecular weight excluding hydrogens is 356 g/mol. The number of amides is 1. The number of aliphatic hydroxyl groups is 1. The predicted octanol–water partition coefficient (Wildman–Crippen LogP) is 1.76. The Hall–Kier alpha value is -2.67. The Labute approximate surface area is 166 Å². The molecule has 1 aliphatic rings. The molecule has 0 bridgehead atoms. The molecule has 150 valence electrons. The number of aliphatic hydroxyl groups excluding tert-OH is 1. The van der Waals surface area contributed by atoms with Crippen LogP contribution >= 0.6 is 0 Å². The number of aromatic nitrogens is 2. The van der Waals surface area contributed by atoms with Crippen molar-refractivity contribution in [1.82, 2.24) is 14.9 Å². The van der Waals surface area contributed by atoms with Crippen LogP contribution in [0.15, 0.2) is 42.7 Å². The molecule has 1 fully saturated rings. The monoisotopic (exact) mass is 384 g/mol. The van der Waals surface area contributed by atoms with Crippen molar-refractivity contribution in [1.29, 1.82) is 0 Å². The van der Waals surface area contributed by atoms with Gasteiger partial charge in [0.15, 0.2) is 0 Å². The maximum Gasteiger partial charge on any atom is 0.251 e. The lowest BCUT2D eigenvalue weighted by molar-refractivity contribution is -0.140. The highest BCUT2D eigenvalue weighted by Gasteiger charge is 2.26. The smallest absolute Gasteiger partial charge is 0.251 e. The van der Waals surface area contributed by atoms with Gasteiger partial charge < -0.3 is 19.6 Å². The summed E-state index contributed by atoms with van der Waals surface area (Å²) in [5.41, 5.74) is 0.955. The summed E-state index contributed by atoms with van der Waals surface area (Å²) >= 11 is 0. The summed E-state index contributed by atoms with van der Waals surface area (Å²) in [5.74, 6) is 1.57. The van der Waals surface area contributed by atoms with Crippen LogP contribution in [-0.2, 0) is 11.2 Å². The molecule has 1 N–H and O–H groups in total. The van der Waals surface area contributed by atoms with E-state index in [0.717, 1.165) is 11.4 Å². The van der Waals surface area contributed by atoms with Crippen LogP contribution in [0.2, 0.25) is 0 Å². The van der Waals surface area contributed by atoms with Gasteiger partial charge in [0.25, 0.3) is 5.91 Å². The minimum atomic E-state index is -1.01. The number of benzene rings is 1. The van der Waals surface area contributed by atoms with Crippen molar-refractivity contribution in [2.24, 2.45) is 5.92 Å². The van der Waals surface area contributed by atoms with E-state index in [9.17, 15) is 9.90 Å². The number of nitrogens with zero attached hydrogens (tertiary/aromatic N) is 4. The summed E-state index contributed by atoms with van der Waals surface area (Å²) in [6.07, 6.45) is 0.832. The Morgan fingerprint density at radius 3 is 2.54 bits per heavy atom. The van der Waals surface area contributed by atoms with E-state index in [1.807, 2.05) is 36.4 Å². The van der Waals surface area contributed by atoms with E-state index in [1.165, 1.54) is 6.33 Å². The van der Waals surface area contributed by atoms with Crippen LogP contribution in [0.5, 0.6) is 5.88 Å². The summed E-state index contributed by atoms with van der Waals surface area (Å²) in [6.45, 7) is 7.20. The highest BCUT2D eigenvalue weighted by atomic mass is 16.5.